The van der Waals surface area contributed by atoms with Crippen LogP contribution in [0.3, 0.4) is 0 Å². The summed E-state index contributed by atoms with van der Waals surface area (Å²) in [7, 11) is 1.06. The number of nitriles is 1. The van der Waals surface area contributed by atoms with Crippen LogP contribution in [0.25, 0.3) is 0 Å². The largest absolute Gasteiger partial charge is 0.573 e. The maximum atomic E-state index is 12.2. The lowest BCUT2D eigenvalue weighted by atomic mass is 10.1. The Kier molecular flexibility index (Phi) is 4.39. The molecule has 0 unspecified atom stereocenters. The predicted octanol–water partition coefficient (Wildman–Crippen LogP) is 2.85. The second-order valence-corrected chi connectivity index (χ2v) is 4.22. The Labute approximate surface area is 113 Å². The number of carbonyl (C=O) groups excluding carboxylic acids is 1. The molecule has 18 heavy (non-hydrogen) atoms. The lowest BCUT2D eigenvalue weighted by Gasteiger charge is -2.12. The summed E-state index contributed by atoms with van der Waals surface area (Å²) in [6.07, 6.45) is -4.94. The van der Waals surface area contributed by atoms with Crippen molar-refractivity contribution in [1.29, 1.82) is 5.26 Å². The molecule has 1 aromatic carbocycles. The van der Waals surface area contributed by atoms with E-state index >= 15 is 0 Å². The highest BCUT2D eigenvalue weighted by Gasteiger charge is 2.33. The Hall–Kier alpha value is -1.50. The molecular formula is C10H5F3INO3. The topological polar surface area (TPSA) is 59.3 Å². The van der Waals surface area contributed by atoms with Crippen molar-refractivity contribution in [1.82, 2.24) is 0 Å². The van der Waals surface area contributed by atoms with Crippen LogP contribution in [0.5, 0.6) is 5.75 Å². The number of carbonyl (C=O) groups is 1. The minimum atomic E-state index is -4.94. The zero-order valence-electron chi connectivity index (χ0n) is 8.84. The summed E-state index contributed by atoms with van der Waals surface area (Å²) < 4.78 is 44.9. The van der Waals surface area contributed by atoms with Crippen LogP contribution in [0.1, 0.15) is 15.9 Å². The minimum absolute atomic E-state index is 0.272. The number of halogens is 4. The average Bonchev–Trinajstić information content (AvgIpc) is 2.25. The predicted molar refractivity (Wildman–Crippen MR) is 61.9 cm³/mol. The molecule has 0 heterocycles. The molecule has 1 rings (SSSR count). The molecule has 0 atom stereocenters. The highest BCUT2D eigenvalue weighted by Crippen LogP contribution is 2.30. The summed E-state index contributed by atoms with van der Waals surface area (Å²) in [5, 5.41) is 8.82. The standard InChI is InChI=1S/C10H5F3INO3/c1-17-9(16)6-2-5(14)3-8(7(6)4-15)18-10(11,12)13/h2-3H,1H3. The van der Waals surface area contributed by atoms with E-state index in [-0.39, 0.29) is 5.56 Å². The monoisotopic (exact) mass is 371 g/mol. The second kappa shape index (κ2) is 5.43. The number of alkyl halides is 3. The summed E-state index contributed by atoms with van der Waals surface area (Å²) in [6.45, 7) is 0. The number of rotatable bonds is 2. The van der Waals surface area contributed by atoms with E-state index in [9.17, 15) is 18.0 Å². The van der Waals surface area contributed by atoms with Gasteiger partial charge in [-0.25, -0.2) is 4.79 Å². The fourth-order valence-electron chi connectivity index (χ4n) is 1.17. The Morgan fingerprint density at radius 1 is 1.44 bits per heavy atom. The number of esters is 1. The van der Waals surface area contributed by atoms with Crippen LogP contribution in [0.15, 0.2) is 12.1 Å². The van der Waals surface area contributed by atoms with Gasteiger partial charge in [0.2, 0.25) is 0 Å². The van der Waals surface area contributed by atoms with Crippen LogP contribution >= 0.6 is 22.6 Å². The van der Waals surface area contributed by atoms with Crippen LogP contribution in [-0.4, -0.2) is 19.4 Å². The van der Waals surface area contributed by atoms with Crippen molar-refractivity contribution >= 4 is 28.6 Å². The first-order valence-corrected chi connectivity index (χ1v) is 5.44. The van der Waals surface area contributed by atoms with Crippen molar-refractivity contribution in [3.05, 3.63) is 26.8 Å². The first-order valence-electron chi connectivity index (χ1n) is 4.36. The molecule has 0 fully saturated rings. The smallest absolute Gasteiger partial charge is 0.465 e. The normalized spacial score (nSPS) is 10.7. The molecule has 0 aliphatic rings. The second-order valence-electron chi connectivity index (χ2n) is 2.98. The molecule has 1 aromatic rings. The summed E-state index contributed by atoms with van der Waals surface area (Å²) in [4.78, 5) is 11.3. The van der Waals surface area contributed by atoms with Gasteiger partial charge in [-0.15, -0.1) is 13.2 Å². The van der Waals surface area contributed by atoms with Crippen molar-refractivity contribution in [2.24, 2.45) is 0 Å². The zero-order chi connectivity index (χ0) is 13.9. The third-order valence-corrected chi connectivity index (χ3v) is 2.43. The molecule has 0 amide bonds. The van der Waals surface area contributed by atoms with Gasteiger partial charge < -0.3 is 9.47 Å². The van der Waals surface area contributed by atoms with E-state index in [0.29, 0.717) is 3.57 Å². The van der Waals surface area contributed by atoms with Crippen LogP contribution in [0, 0.1) is 14.9 Å². The number of methoxy groups -OCH3 is 1. The van der Waals surface area contributed by atoms with Gasteiger partial charge in [0.15, 0.2) is 0 Å². The lowest BCUT2D eigenvalue weighted by molar-refractivity contribution is -0.274. The van der Waals surface area contributed by atoms with Gasteiger partial charge in [-0.3, -0.25) is 0 Å². The molecule has 4 nitrogen and oxygen atoms in total. The van der Waals surface area contributed by atoms with Crippen molar-refractivity contribution in [2.75, 3.05) is 7.11 Å². The Morgan fingerprint density at radius 3 is 2.50 bits per heavy atom. The average molecular weight is 371 g/mol. The summed E-state index contributed by atoms with van der Waals surface area (Å²) >= 11 is 1.70. The van der Waals surface area contributed by atoms with E-state index in [2.05, 4.69) is 9.47 Å². The zero-order valence-corrected chi connectivity index (χ0v) is 11.0. The van der Waals surface area contributed by atoms with Gasteiger partial charge >= 0.3 is 12.3 Å². The maximum absolute atomic E-state index is 12.2. The van der Waals surface area contributed by atoms with E-state index in [0.717, 1.165) is 13.2 Å². The van der Waals surface area contributed by atoms with Gasteiger partial charge in [0.1, 0.15) is 17.4 Å². The molecule has 0 aromatic heterocycles. The van der Waals surface area contributed by atoms with E-state index in [4.69, 9.17) is 5.26 Å². The Morgan fingerprint density at radius 2 is 2.06 bits per heavy atom. The first kappa shape index (κ1) is 14.6. The molecule has 0 spiro atoms. The van der Waals surface area contributed by atoms with Gasteiger partial charge in [0, 0.05) is 3.57 Å². The molecule has 8 heteroatoms. The van der Waals surface area contributed by atoms with Crippen LogP contribution < -0.4 is 4.74 Å². The van der Waals surface area contributed by atoms with Crippen molar-refractivity contribution in [3.8, 4) is 11.8 Å². The van der Waals surface area contributed by atoms with Gasteiger partial charge in [0.05, 0.1) is 12.7 Å². The fraction of sp³-hybridized carbons (Fsp3) is 0.200. The SMILES string of the molecule is COC(=O)c1cc(I)cc(OC(F)(F)F)c1C#N. The minimum Gasteiger partial charge on any atom is -0.465 e. The molecule has 0 saturated heterocycles. The highest BCUT2D eigenvalue weighted by atomic mass is 127. The van der Waals surface area contributed by atoms with Crippen LogP contribution in [0.2, 0.25) is 0 Å². The van der Waals surface area contributed by atoms with Crippen molar-refractivity contribution in [2.45, 2.75) is 6.36 Å². The van der Waals surface area contributed by atoms with Gasteiger partial charge in [-0.2, -0.15) is 5.26 Å². The molecule has 0 saturated carbocycles. The maximum Gasteiger partial charge on any atom is 0.573 e. The molecular weight excluding hydrogens is 366 g/mol. The van der Waals surface area contributed by atoms with Gasteiger partial charge in [0.25, 0.3) is 0 Å². The number of benzene rings is 1. The molecule has 0 radical (unpaired) electrons. The summed E-state index contributed by atoms with van der Waals surface area (Å²) in [5.74, 6) is -1.63. The summed E-state index contributed by atoms with van der Waals surface area (Å²) in [5.41, 5.74) is -0.786. The molecule has 96 valence electrons. The third kappa shape index (κ3) is 3.49. The van der Waals surface area contributed by atoms with E-state index < -0.39 is 23.6 Å². The van der Waals surface area contributed by atoms with E-state index in [1.165, 1.54) is 12.1 Å². The van der Waals surface area contributed by atoms with Gasteiger partial charge in [-0.1, -0.05) is 0 Å². The Balaban J connectivity index is 3.39. The first-order chi connectivity index (χ1) is 8.28. The van der Waals surface area contributed by atoms with Crippen molar-refractivity contribution < 1.29 is 27.4 Å². The fourth-order valence-corrected chi connectivity index (χ4v) is 1.77. The van der Waals surface area contributed by atoms with E-state index in [1.54, 1.807) is 22.6 Å². The van der Waals surface area contributed by atoms with Crippen LogP contribution in [-0.2, 0) is 4.74 Å². The molecule has 0 N–H and O–H groups in total. The summed E-state index contributed by atoms with van der Waals surface area (Å²) in [6, 6.07) is 3.76. The quantitative estimate of drug-likeness (QED) is 0.593. The Bertz CT molecular complexity index is 522. The highest BCUT2D eigenvalue weighted by molar-refractivity contribution is 14.1. The number of nitrogens with zero attached hydrogens (tertiary/aromatic N) is 1. The lowest BCUT2D eigenvalue weighted by Crippen LogP contribution is -2.19. The molecule has 0 aliphatic heterocycles. The molecule has 0 aliphatic carbocycles. The number of hydrogen-bond acceptors (Lipinski definition) is 4. The van der Waals surface area contributed by atoms with Crippen molar-refractivity contribution in [3.63, 3.8) is 0 Å². The third-order valence-electron chi connectivity index (χ3n) is 1.81. The van der Waals surface area contributed by atoms with Crippen LogP contribution in [0.4, 0.5) is 13.2 Å². The van der Waals surface area contributed by atoms with Gasteiger partial charge in [-0.05, 0) is 34.7 Å². The van der Waals surface area contributed by atoms with E-state index in [1.807, 2.05) is 0 Å². The molecule has 0 bridgehead atoms. The number of hydrogen-bond donors (Lipinski definition) is 0. The number of ether oxygens (including phenoxy) is 2.